The van der Waals surface area contributed by atoms with Crippen LogP contribution in [0.5, 0.6) is 5.75 Å². The van der Waals surface area contributed by atoms with E-state index >= 15 is 0 Å². The van der Waals surface area contributed by atoms with Crippen molar-refractivity contribution in [3.05, 3.63) is 84.2 Å². The Morgan fingerprint density at radius 2 is 1.69 bits per heavy atom. The van der Waals surface area contributed by atoms with E-state index in [9.17, 15) is 4.57 Å². The van der Waals surface area contributed by atoms with E-state index in [-0.39, 0.29) is 6.61 Å². The number of benzene rings is 2. The number of aromatic nitrogens is 1. The number of hydrogen-bond donors (Lipinski definition) is 2. The maximum absolute atomic E-state index is 10.5. The van der Waals surface area contributed by atoms with Gasteiger partial charge in [-0.2, -0.15) is 0 Å². The van der Waals surface area contributed by atoms with E-state index in [0.29, 0.717) is 19.6 Å². The third-order valence-corrected chi connectivity index (χ3v) is 5.62. The summed E-state index contributed by atoms with van der Waals surface area (Å²) in [4.78, 5) is 8.67. The van der Waals surface area contributed by atoms with E-state index in [4.69, 9.17) is 14.2 Å². The van der Waals surface area contributed by atoms with Crippen LogP contribution in [0.4, 0.5) is 0 Å². The Balaban J connectivity index is 1.45. The lowest BCUT2D eigenvalue weighted by Crippen LogP contribution is -2.16. The van der Waals surface area contributed by atoms with Crippen molar-refractivity contribution in [2.75, 3.05) is 19.8 Å². The van der Waals surface area contributed by atoms with E-state index in [1.807, 2.05) is 30.6 Å². The van der Waals surface area contributed by atoms with Gasteiger partial charge in [-0.05, 0) is 74.0 Å². The average molecular weight is 457 g/mol. The van der Waals surface area contributed by atoms with E-state index in [1.54, 1.807) is 0 Å². The topological polar surface area (TPSA) is 72.7 Å². The van der Waals surface area contributed by atoms with Gasteiger partial charge in [0.05, 0.1) is 18.9 Å². The Kier molecular flexibility index (Phi) is 10.6. The van der Waals surface area contributed by atoms with Gasteiger partial charge in [0.15, 0.2) is 0 Å². The van der Waals surface area contributed by atoms with E-state index in [0.717, 1.165) is 42.8 Å². The predicted octanol–water partition coefficient (Wildman–Crippen LogP) is 5.15. The number of aryl methyl sites for hydroxylation is 1. The first-order valence-electron chi connectivity index (χ1n) is 11.2. The molecule has 0 radical (unpaired) electrons. The van der Waals surface area contributed by atoms with Gasteiger partial charge in [0, 0.05) is 18.9 Å². The summed E-state index contributed by atoms with van der Waals surface area (Å²) in [5.41, 5.74) is 3.57. The van der Waals surface area contributed by atoms with Gasteiger partial charge in [-0.15, -0.1) is 0 Å². The second-order valence-electron chi connectivity index (χ2n) is 7.68. The van der Waals surface area contributed by atoms with Gasteiger partial charge >= 0.3 is 8.25 Å². The second kappa shape index (κ2) is 13.9. The normalized spacial score (nSPS) is 12.0. The molecule has 172 valence electrons. The molecule has 0 saturated carbocycles. The molecule has 0 bridgehead atoms. The van der Waals surface area contributed by atoms with Crippen molar-refractivity contribution in [3.63, 3.8) is 0 Å². The van der Waals surface area contributed by atoms with Crippen LogP contribution in [-0.2, 0) is 22.1 Å². The van der Waals surface area contributed by atoms with Crippen LogP contribution in [0.15, 0.2) is 73.1 Å². The molecule has 0 spiro atoms. The van der Waals surface area contributed by atoms with Crippen molar-refractivity contribution in [2.45, 2.75) is 38.6 Å². The van der Waals surface area contributed by atoms with E-state index in [1.165, 1.54) is 12.0 Å². The first kappa shape index (κ1) is 24.3. The first-order valence-corrected chi connectivity index (χ1v) is 12.5. The van der Waals surface area contributed by atoms with Gasteiger partial charge in [-0.1, -0.05) is 36.4 Å². The second-order valence-corrected chi connectivity index (χ2v) is 8.50. The molecule has 6 nitrogen and oxygen atoms in total. The minimum atomic E-state index is -2.83. The maximum Gasteiger partial charge on any atom is 0.316 e. The molecule has 0 fully saturated rings. The van der Waals surface area contributed by atoms with E-state index in [2.05, 4.69) is 52.3 Å². The van der Waals surface area contributed by atoms with Crippen LogP contribution < -0.4 is 10.1 Å². The number of nitrogens with zero attached hydrogens (tertiary/aromatic N) is 1. The lowest BCUT2D eigenvalue weighted by atomic mass is 10.1. The van der Waals surface area contributed by atoms with Crippen molar-refractivity contribution in [1.29, 1.82) is 0 Å². The Morgan fingerprint density at radius 3 is 2.47 bits per heavy atom. The van der Waals surface area contributed by atoms with Crippen LogP contribution in [-0.4, -0.2) is 29.2 Å². The van der Waals surface area contributed by atoms with Crippen molar-refractivity contribution < 1.29 is 18.7 Å². The Bertz CT molecular complexity index is 932. The van der Waals surface area contributed by atoms with Crippen molar-refractivity contribution in [1.82, 2.24) is 9.88 Å². The van der Waals surface area contributed by atoms with Crippen LogP contribution in [0.25, 0.3) is 5.69 Å². The average Bonchev–Trinajstić information content (AvgIpc) is 3.34. The molecule has 32 heavy (non-hydrogen) atoms. The number of hydrogen-bond acceptors (Lipinski definition) is 4. The number of nitrogens with one attached hydrogen (secondary N) is 1. The molecule has 2 N–H and O–H groups in total. The largest absolute Gasteiger partial charge is 0.491 e. The lowest BCUT2D eigenvalue weighted by Gasteiger charge is -2.15. The van der Waals surface area contributed by atoms with Crippen LogP contribution in [0.3, 0.4) is 0 Å². The molecule has 2 aromatic carbocycles. The summed E-state index contributed by atoms with van der Waals surface area (Å²) in [6.45, 7) is 2.42. The molecule has 0 aliphatic rings. The minimum Gasteiger partial charge on any atom is -0.491 e. The zero-order chi connectivity index (χ0) is 22.4. The summed E-state index contributed by atoms with van der Waals surface area (Å²) in [5, 5.41) is 3.34. The number of ether oxygens (including phenoxy) is 1. The fourth-order valence-electron chi connectivity index (χ4n) is 3.52. The van der Waals surface area contributed by atoms with Crippen LogP contribution in [0, 0.1) is 0 Å². The summed E-state index contributed by atoms with van der Waals surface area (Å²) >= 11 is 0. The van der Waals surface area contributed by atoms with Gasteiger partial charge in [-0.25, -0.2) is 0 Å². The monoisotopic (exact) mass is 456 g/mol. The number of unbranched alkanes of at least 4 members (excludes halogenated alkanes) is 2. The van der Waals surface area contributed by atoms with Gasteiger partial charge in [0.1, 0.15) is 5.75 Å². The van der Waals surface area contributed by atoms with Crippen LogP contribution >= 0.6 is 8.25 Å². The molecular formula is C25H33N2O4P. The van der Waals surface area contributed by atoms with Crippen molar-refractivity contribution >= 4 is 8.25 Å². The molecule has 1 unspecified atom stereocenters. The fourth-order valence-corrected chi connectivity index (χ4v) is 3.83. The SMILES string of the molecule is O=[PH](O)OCCCNCc1ccc(OCCCCCc2ccccc2)c(-n2cccc2)c1. The zero-order valence-electron chi connectivity index (χ0n) is 18.4. The van der Waals surface area contributed by atoms with Crippen LogP contribution in [0.1, 0.15) is 36.8 Å². The highest BCUT2D eigenvalue weighted by Crippen LogP contribution is 2.25. The summed E-state index contributed by atoms with van der Waals surface area (Å²) < 4.78 is 23.5. The molecule has 1 heterocycles. The molecule has 0 amide bonds. The highest BCUT2D eigenvalue weighted by molar-refractivity contribution is 7.32. The highest BCUT2D eigenvalue weighted by Gasteiger charge is 2.07. The summed E-state index contributed by atoms with van der Waals surface area (Å²) in [5.74, 6) is 0.884. The maximum atomic E-state index is 10.5. The summed E-state index contributed by atoms with van der Waals surface area (Å²) in [7, 11) is -2.83. The van der Waals surface area contributed by atoms with E-state index < -0.39 is 8.25 Å². The Hall–Kier alpha value is -2.37. The highest BCUT2D eigenvalue weighted by atomic mass is 31.1. The molecular weight excluding hydrogens is 423 g/mol. The lowest BCUT2D eigenvalue weighted by molar-refractivity contribution is 0.276. The van der Waals surface area contributed by atoms with Crippen LogP contribution in [0.2, 0.25) is 0 Å². The third-order valence-electron chi connectivity index (χ3n) is 5.17. The van der Waals surface area contributed by atoms with Gasteiger partial charge in [0.25, 0.3) is 0 Å². The molecule has 0 aliphatic heterocycles. The standard InChI is InChI=1S/C25H33N2O4P/c28-32(29)31-19-9-15-26-21-23-13-14-25(24(20-23)27-16-6-7-17-27)30-18-8-2-5-12-22-10-3-1-4-11-22/h1,3-4,6-7,10-11,13-14,16-17,20,26,32H,2,5,8-9,12,15,18-19,21H2,(H,28,29). The molecule has 7 heteroatoms. The van der Waals surface area contributed by atoms with Gasteiger partial charge in [-0.3, -0.25) is 4.57 Å². The number of rotatable bonds is 15. The molecule has 3 aromatic rings. The predicted molar refractivity (Wildman–Crippen MR) is 129 cm³/mol. The minimum absolute atomic E-state index is 0.286. The molecule has 0 saturated heterocycles. The molecule has 1 atom stereocenters. The zero-order valence-corrected chi connectivity index (χ0v) is 19.4. The molecule has 3 rings (SSSR count). The third kappa shape index (κ3) is 8.64. The summed E-state index contributed by atoms with van der Waals surface area (Å²) in [6, 6.07) is 20.9. The van der Waals surface area contributed by atoms with Gasteiger partial charge < -0.3 is 24.0 Å². The molecule has 1 aromatic heterocycles. The quantitative estimate of drug-likeness (QED) is 0.245. The van der Waals surface area contributed by atoms with Crippen molar-refractivity contribution in [2.24, 2.45) is 0 Å². The summed E-state index contributed by atoms with van der Waals surface area (Å²) in [6.07, 6.45) is 9.19. The Morgan fingerprint density at radius 1 is 0.875 bits per heavy atom. The first-order chi connectivity index (χ1) is 15.7. The Labute approximate surface area is 191 Å². The van der Waals surface area contributed by atoms with Crippen molar-refractivity contribution in [3.8, 4) is 11.4 Å². The fraction of sp³-hybridized carbons (Fsp3) is 0.360. The smallest absolute Gasteiger partial charge is 0.316 e. The molecule has 0 aliphatic carbocycles. The van der Waals surface area contributed by atoms with Gasteiger partial charge in [0.2, 0.25) is 0 Å².